The number of hydrogen-bond donors (Lipinski definition) is 1. The molecule has 0 radical (unpaired) electrons. The highest BCUT2D eigenvalue weighted by molar-refractivity contribution is 7.98. The topological polar surface area (TPSA) is 45.2 Å². The van der Waals surface area contributed by atoms with Crippen molar-refractivity contribution in [1.29, 1.82) is 0 Å². The Morgan fingerprint density at radius 2 is 2.04 bits per heavy atom. The van der Waals surface area contributed by atoms with Crippen LogP contribution >= 0.6 is 11.8 Å². The number of amides is 2. The van der Waals surface area contributed by atoms with Crippen LogP contribution < -0.4 is 5.32 Å². The number of carbonyl (C=O) groups excluding carboxylic acids is 1. The number of aryl methyl sites for hydroxylation is 1. The van der Waals surface area contributed by atoms with Gasteiger partial charge < -0.3 is 10.2 Å². The molecule has 3 rings (SSSR count). The summed E-state index contributed by atoms with van der Waals surface area (Å²) in [6.07, 6.45) is 7.86. The van der Waals surface area contributed by atoms with E-state index in [2.05, 4.69) is 40.8 Å². The molecule has 0 aliphatic heterocycles. The van der Waals surface area contributed by atoms with Gasteiger partial charge in [-0.2, -0.15) is 0 Å². The quantitative estimate of drug-likeness (QED) is 0.808. The maximum Gasteiger partial charge on any atom is 0.318 e. The van der Waals surface area contributed by atoms with Crippen LogP contribution in [0.4, 0.5) is 4.79 Å². The fourth-order valence-electron chi connectivity index (χ4n) is 2.65. The van der Waals surface area contributed by atoms with Crippen molar-refractivity contribution in [2.45, 2.75) is 43.8 Å². The molecule has 24 heavy (non-hydrogen) atoms. The zero-order valence-electron chi connectivity index (χ0n) is 14.2. The van der Waals surface area contributed by atoms with Crippen molar-refractivity contribution in [3.05, 3.63) is 59.4 Å². The van der Waals surface area contributed by atoms with E-state index >= 15 is 0 Å². The highest BCUT2D eigenvalue weighted by Gasteiger charge is 2.32. The van der Waals surface area contributed by atoms with E-state index in [9.17, 15) is 4.79 Å². The van der Waals surface area contributed by atoms with Gasteiger partial charge in [0.05, 0.1) is 0 Å². The number of hydrogen-bond acceptors (Lipinski definition) is 3. The summed E-state index contributed by atoms with van der Waals surface area (Å²) in [4.78, 5) is 19.9. The van der Waals surface area contributed by atoms with E-state index < -0.39 is 0 Å². The maximum absolute atomic E-state index is 12.6. The minimum absolute atomic E-state index is 0.0163. The van der Waals surface area contributed by atoms with E-state index in [1.54, 1.807) is 18.0 Å². The average Bonchev–Trinajstić information content (AvgIpc) is 3.44. The molecule has 1 heterocycles. The van der Waals surface area contributed by atoms with Gasteiger partial charge in [0, 0.05) is 36.4 Å². The molecule has 0 spiro atoms. The summed E-state index contributed by atoms with van der Waals surface area (Å²) in [6.45, 7) is 3.22. The molecule has 1 aliphatic carbocycles. The van der Waals surface area contributed by atoms with Crippen molar-refractivity contribution >= 4 is 17.8 Å². The molecular formula is C19H23N3OS. The standard InChI is InChI=1S/C19H23N3OS/c1-14-11-20-10-9-16(14)12-21-19(23)22(17-5-6-17)13-15-3-7-18(24-2)8-4-15/h3-4,7-11,17H,5-6,12-13H2,1-2H3,(H,21,23). The minimum atomic E-state index is 0.0163. The van der Waals surface area contributed by atoms with Crippen molar-refractivity contribution in [1.82, 2.24) is 15.2 Å². The van der Waals surface area contributed by atoms with E-state index in [1.165, 1.54) is 10.5 Å². The number of benzene rings is 1. The van der Waals surface area contributed by atoms with Gasteiger partial charge in [0.2, 0.25) is 0 Å². The van der Waals surface area contributed by atoms with Crippen LogP contribution in [-0.2, 0) is 13.1 Å². The highest BCUT2D eigenvalue weighted by atomic mass is 32.2. The van der Waals surface area contributed by atoms with E-state index in [0.29, 0.717) is 19.1 Å². The van der Waals surface area contributed by atoms with Crippen molar-refractivity contribution in [3.8, 4) is 0 Å². The summed E-state index contributed by atoms with van der Waals surface area (Å²) in [5.74, 6) is 0. The maximum atomic E-state index is 12.6. The van der Waals surface area contributed by atoms with Gasteiger partial charge in [0.15, 0.2) is 0 Å². The number of carbonyl (C=O) groups is 1. The van der Waals surface area contributed by atoms with Gasteiger partial charge in [-0.15, -0.1) is 11.8 Å². The van der Waals surface area contributed by atoms with Crippen LogP contribution in [0.1, 0.15) is 29.5 Å². The average molecular weight is 341 g/mol. The second kappa shape index (κ2) is 7.71. The number of urea groups is 1. The fourth-order valence-corrected chi connectivity index (χ4v) is 3.06. The molecule has 4 nitrogen and oxygen atoms in total. The van der Waals surface area contributed by atoms with Crippen LogP contribution in [0.15, 0.2) is 47.6 Å². The van der Waals surface area contributed by atoms with Gasteiger partial charge in [-0.25, -0.2) is 4.79 Å². The Morgan fingerprint density at radius 3 is 2.67 bits per heavy atom. The van der Waals surface area contributed by atoms with Gasteiger partial charge in [0.1, 0.15) is 0 Å². The Kier molecular flexibility index (Phi) is 5.41. The zero-order chi connectivity index (χ0) is 16.9. The Morgan fingerprint density at radius 1 is 1.29 bits per heavy atom. The third-order valence-electron chi connectivity index (χ3n) is 4.33. The molecule has 1 saturated carbocycles. The molecule has 0 saturated heterocycles. The largest absolute Gasteiger partial charge is 0.334 e. The number of nitrogens with zero attached hydrogens (tertiary/aromatic N) is 2. The second-order valence-electron chi connectivity index (χ2n) is 6.17. The molecule has 1 fully saturated rings. The van der Waals surface area contributed by atoms with Crippen LogP contribution in [0.3, 0.4) is 0 Å². The molecule has 1 aromatic heterocycles. The molecule has 2 aromatic rings. The predicted molar refractivity (Wildman–Crippen MR) is 98.0 cm³/mol. The lowest BCUT2D eigenvalue weighted by atomic mass is 10.1. The number of thioether (sulfide) groups is 1. The van der Waals surface area contributed by atoms with Crippen LogP contribution in [0.2, 0.25) is 0 Å². The summed E-state index contributed by atoms with van der Waals surface area (Å²) in [7, 11) is 0. The highest BCUT2D eigenvalue weighted by Crippen LogP contribution is 2.28. The Labute approximate surface area is 147 Å². The van der Waals surface area contributed by atoms with Crippen molar-refractivity contribution in [2.75, 3.05) is 6.26 Å². The van der Waals surface area contributed by atoms with Gasteiger partial charge in [-0.05, 0) is 60.9 Å². The minimum Gasteiger partial charge on any atom is -0.334 e. The molecule has 1 aliphatic rings. The Bertz CT molecular complexity index is 698. The Hall–Kier alpha value is -2.01. The molecule has 1 N–H and O–H groups in total. The molecule has 0 atom stereocenters. The van der Waals surface area contributed by atoms with Crippen molar-refractivity contribution in [2.24, 2.45) is 0 Å². The first kappa shape index (κ1) is 16.8. The third-order valence-corrected chi connectivity index (χ3v) is 5.07. The summed E-state index contributed by atoms with van der Waals surface area (Å²) in [5.41, 5.74) is 3.39. The molecule has 0 unspecified atom stereocenters. The van der Waals surface area contributed by atoms with E-state index in [1.807, 2.05) is 24.1 Å². The van der Waals surface area contributed by atoms with Crippen molar-refractivity contribution < 1.29 is 4.79 Å². The number of pyridine rings is 1. The van der Waals surface area contributed by atoms with Crippen LogP contribution in [0.25, 0.3) is 0 Å². The molecule has 2 amide bonds. The summed E-state index contributed by atoms with van der Waals surface area (Å²) in [5, 5.41) is 3.06. The number of rotatable bonds is 6. The van der Waals surface area contributed by atoms with Gasteiger partial charge in [-0.1, -0.05) is 12.1 Å². The number of aromatic nitrogens is 1. The predicted octanol–water partition coefficient (Wildman–Crippen LogP) is 3.99. The first-order chi connectivity index (χ1) is 11.7. The van der Waals surface area contributed by atoms with E-state index in [-0.39, 0.29) is 6.03 Å². The molecule has 1 aromatic carbocycles. The smallest absolute Gasteiger partial charge is 0.318 e. The van der Waals surface area contributed by atoms with Gasteiger partial charge in [0.25, 0.3) is 0 Å². The normalized spacial score (nSPS) is 13.6. The van der Waals surface area contributed by atoms with Gasteiger partial charge >= 0.3 is 6.03 Å². The van der Waals surface area contributed by atoms with Crippen molar-refractivity contribution in [3.63, 3.8) is 0 Å². The Balaban J connectivity index is 1.62. The van der Waals surface area contributed by atoms with Crippen LogP contribution in [0, 0.1) is 6.92 Å². The van der Waals surface area contributed by atoms with E-state index in [4.69, 9.17) is 0 Å². The zero-order valence-corrected chi connectivity index (χ0v) is 15.0. The third kappa shape index (κ3) is 4.29. The number of nitrogens with one attached hydrogen (secondary N) is 1. The summed E-state index contributed by atoms with van der Waals surface area (Å²) < 4.78 is 0. The second-order valence-corrected chi connectivity index (χ2v) is 7.05. The molecule has 5 heteroatoms. The SMILES string of the molecule is CSc1ccc(CN(C(=O)NCc2ccncc2C)C2CC2)cc1. The lowest BCUT2D eigenvalue weighted by molar-refractivity contribution is 0.191. The molecule has 126 valence electrons. The fraction of sp³-hybridized carbons (Fsp3) is 0.368. The van der Waals surface area contributed by atoms with Gasteiger partial charge in [-0.3, -0.25) is 4.98 Å². The summed E-state index contributed by atoms with van der Waals surface area (Å²) in [6, 6.07) is 10.8. The lowest BCUT2D eigenvalue weighted by Crippen LogP contribution is -2.40. The molecular weight excluding hydrogens is 318 g/mol. The monoisotopic (exact) mass is 341 g/mol. The van der Waals surface area contributed by atoms with Crippen LogP contribution in [0.5, 0.6) is 0 Å². The lowest BCUT2D eigenvalue weighted by Gasteiger charge is -2.23. The van der Waals surface area contributed by atoms with E-state index in [0.717, 1.165) is 24.0 Å². The first-order valence-electron chi connectivity index (χ1n) is 8.24. The molecule has 0 bridgehead atoms. The van der Waals surface area contributed by atoms with Crippen LogP contribution in [-0.4, -0.2) is 28.2 Å². The summed E-state index contributed by atoms with van der Waals surface area (Å²) >= 11 is 1.73. The first-order valence-corrected chi connectivity index (χ1v) is 9.46.